The molecule has 5 aliphatic rings. The molecule has 6 atom stereocenters. The molecule has 138 valence electrons. The maximum absolute atomic E-state index is 10.7. The molecule has 13 heteroatoms. The van der Waals surface area contributed by atoms with Crippen LogP contribution in [0.1, 0.15) is 13.8 Å². The minimum Gasteiger partial charge on any atom is -0.416 e. The van der Waals surface area contributed by atoms with Crippen molar-refractivity contribution in [3.05, 3.63) is 0 Å². The highest BCUT2D eigenvalue weighted by Crippen LogP contribution is 2.77. The van der Waals surface area contributed by atoms with E-state index in [-0.39, 0.29) is 22.2 Å². The molecule has 0 aromatic heterocycles. The molecule has 0 aromatic carbocycles. The maximum Gasteiger partial charge on any atom is 0.493 e. The molecule has 0 aliphatic carbocycles. The van der Waals surface area contributed by atoms with E-state index >= 15 is 0 Å². The van der Waals surface area contributed by atoms with Gasteiger partial charge in [-0.3, -0.25) is 0 Å². The van der Waals surface area contributed by atoms with E-state index in [4.69, 9.17) is 29.4 Å². The zero-order valence-electron chi connectivity index (χ0n) is 15.1. The summed E-state index contributed by atoms with van der Waals surface area (Å²) in [5, 5.41) is 0. The molecular formula is C11H26O8Si5. The largest absolute Gasteiger partial charge is 0.493 e. The van der Waals surface area contributed by atoms with E-state index in [0.717, 1.165) is 0 Å². The van der Waals surface area contributed by atoms with Gasteiger partial charge in [-0.25, -0.2) is 0 Å². The van der Waals surface area contributed by atoms with E-state index in [1.807, 2.05) is 6.92 Å². The van der Waals surface area contributed by atoms with Crippen molar-refractivity contribution in [2.45, 2.75) is 55.7 Å². The molecule has 2 bridgehead atoms. The van der Waals surface area contributed by atoms with Gasteiger partial charge in [0.25, 0.3) is 0 Å². The Morgan fingerprint density at radius 2 is 1.38 bits per heavy atom. The second kappa shape index (κ2) is 4.97. The van der Waals surface area contributed by atoms with Crippen LogP contribution in [0.2, 0.25) is 41.8 Å². The Labute approximate surface area is 147 Å². The average molecular weight is 427 g/mol. The van der Waals surface area contributed by atoms with Crippen molar-refractivity contribution < 1.29 is 34.2 Å². The van der Waals surface area contributed by atoms with Crippen molar-refractivity contribution >= 4 is 43.5 Å². The van der Waals surface area contributed by atoms with E-state index in [1.54, 1.807) is 7.11 Å². The van der Waals surface area contributed by atoms with Crippen molar-refractivity contribution in [1.82, 2.24) is 0 Å². The Hall–Kier alpha value is 0.764. The van der Waals surface area contributed by atoms with Crippen molar-refractivity contribution in [2.24, 2.45) is 0 Å². The van der Waals surface area contributed by atoms with Gasteiger partial charge in [-0.15, -0.1) is 0 Å². The Morgan fingerprint density at radius 1 is 0.833 bits per heavy atom. The van der Waals surface area contributed by atoms with Crippen LogP contribution in [0.5, 0.6) is 0 Å². The van der Waals surface area contributed by atoms with Crippen LogP contribution in [0, 0.1) is 0 Å². The Morgan fingerprint density at radius 3 is 1.88 bits per heavy atom. The number of rotatable bonds is 4. The van der Waals surface area contributed by atoms with E-state index in [0.29, 0.717) is 0 Å². The monoisotopic (exact) mass is 426 g/mol. The highest BCUT2D eigenvalue weighted by Gasteiger charge is 2.96. The molecule has 24 heavy (non-hydrogen) atoms. The second-order valence-corrected chi connectivity index (χ2v) is 25.3. The minimum absolute atomic E-state index is 0.0329. The summed E-state index contributed by atoms with van der Waals surface area (Å²) in [5.74, 6) is 0. The molecule has 8 nitrogen and oxygen atoms in total. The predicted molar refractivity (Wildman–Crippen MR) is 94.4 cm³/mol. The molecule has 5 rings (SSSR count). The smallest absolute Gasteiger partial charge is 0.416 e. The molecule has 0 radical (unpaired) electrons. The summed E-state index contributed by atoms with van der Waals surface area (Å²) in [4.78, 5) is 10.7. The van der Waals surface area contributed by atoms with Crippen molar-refractivity contribution in [2.75, 3.05) is 14.2 Å². The van der Waals surface area contributed by atoms with Gasteiger partial charge in [0, 0.05) is 36.4 Å². The van der Waals surface area contributed by atoms with Crippen LogP contribution in [0.4, 0.5) is 0 Å². The Kier molecular flexibility index (Phi) is 3.76. The predicted octanol–water partition coefficient (Wildman–Crippen LogP) is 1.52. The third-order valence-electron chi connectivity index (χ3n) is 5.58. The van der Waals surface area contributed by atoms with Crippen molar-refractivity contribution in [3.8, 4) is 0 Å². The van der Waals surface area contributed by atoms with Crippen LogP contribution in [0.15, 0.2) is 0 Å². The summed E-state index contributed by atoms with van der Waals surface area (Å²) in [5.41, 5.74) is 0.0713. The van der Waals surface area contributed by atoms with E-state index in [2.05, 4.69) is 26.6 Å². The molecule has 5 heterocycles. The van der Waals surface area contributed by atoms with Crippen LogP contribution in [0.25, 0.3) is 0 Å². The topological polar surface area (TPSA) is 84.8 Å². The Balaban J connectivity index is 1.69. The first-order valence-electron chi connectivity index (χ1n) is 8.30. The van der Waals surface area contributed by atoms with Gasteiger partial charge in [0.1, 0.15) is 0 Å². The highest BCUT2D eigenvalue weighted by atomic mass is 28.6. The lowest BCUT2D eigenvalue weighted by Crippen LogP contribution is -2.69. The summed E-state index contributed by atoms with van der Waals surface area (Å²) in [7, 11) is -10.6. The molecule has 1 N–H and O–H groups in total. The molecule has 2 spiro atoms. The van der Waals surface area contributed by atoms with Crippen LogP contribution < -0.4 is 0 Å². The van der Waals surface area contributed by atoms with E-state index in [9.17, 15) is 4.80 Å². The summed E-state index contributed by atoms with van der Waals surface area (Å²) in [6, 6.07) is 0. The van der Waals surface area contributed by atoms with E-state index < -0.39 is 43.5 Å². The summed E-state index contributed by atoms with van der Waals surface area (Å²) in [6.45, 7) is 10.5. The molecule has 0 amide bonds. The molecular weight excluding hydrogens is 401 g/mol. The zero-order valence-corrected chi connectivity index (χ0v) is 20.1. The highest BCUT2D eigenvalue weighted by molar-refractivity contribution is 7.05. The molecule has 5 aliphatic heterocycles. The lowest BCUT2D eigenvalue weighted by atomic mass is 10.2. The third-order valence-corrected chi connectivity index (χ3v) is 26.8. The zero-order chi connectivity index (χ0) is 17.8. The first kappa shape index (κ1) is 18.1. The van der Waals surface area contributed by atoms with Gasteiger partial charge >= 0.3 is 35.2 Å². The molecule has 0 aromatic rings. The van der Waals surface area contributed by atoms with Gasteiger partial charge in [0.15, 0.2) is 8.32 Å². The van der Waals surface area contributed by atoms with Gasteiger partial charge in [-0.1, -0.05) is 13.8 Å². The quantitative estimate of drug-likeness (QED) is 0.677. The summed E-state index contributed by atoms with van der Waals surface area (Å²) in [6.07, 6.45) is 0. The number of hydrogen-bond acceptors (Lipinski definition) is 8. The fraction of sp³-hybridized carbons (Fsp3) is 1.00. The minimum atomic E-state index is -3.27. The normalized spacial score (nSPS) is 58.5. The number of hydrogen-bond donors (Lipinski definition) is 1. The summed E-state index contributed by atoms with van der Waals surface area (Å²) >= 11 is 0. The standard InChI is InChI=1S/C11H26O8Si5/c1-8-10-11-9(2)22(14-4,15-20(5,6)7)17-24(11)18-23(10,19-24)16-21(8,12)13-3/h8-12H,1-7H3/t8-,9+,10-,11+,21?,22?,23?,24?/m0/s1. The van der Waals surface area contributed by atoms with Crippen LogP contribution in [-0.4, -0.2) is 62.6 Å². The average Bonchev–Trinajstić information content (AvgIpc) is 3.01. The lowest BCUT2D eigenvalue weighted by Gasteiger charge is -2.44. The van der Waals surface area contributed by atoms with Gasteiger partial charge in [-0.2, -0.15) is 0 Å². The third kappa shape index (κ3) is 2.04. The first-order valence-corrected chi connectivity index (χ1v) is 19.0. The van der Waals surface area contributed by atoms with Gasteiger partial charge in [0.2, 0.25) is 0 Å². The van der Waals surface area contributed by atoms with E-state index in [1.165, 1.54) is 7.11 Å². The van der Waals surface area contributed by atoms with Crippen LogP contribution in [0.3, 0.4) is 0 Å². The fourth-order valence-electron chi connectivity index (χ4n) is 4.64. The molecule has 5 saturated heterocycles. The first-order chi connectivity index (χ1) is 11.0. The molecule has 2 unspecified atom stereocenters. The van der Waals surface area contributed by atoms with Gasteiger partial charge < -0.3 is 34.2 Å². The van der Waals surface area contributed by atoms with Gasteiger partial charge in [-0.05, 0) is 19.6 Å². The van der Waals surface area contributed by atoms with Crippen LogP contribution >= 0.6 is 0 Å². The lowest BCUT2D eigenvalue weighted by molar-refractivity contribution is 0.0640. The van der Waals surface area contributed by atoms with Crippen molar-refractivity contribution in [1.29, 1.82) is 0 Å². The summed E-state index contributed by atoms with van der Waals surface area (Å²) < 4.78 is 42.6. The van der Waals surface area contributed by atoms with Crippen molar-refractivity contribution in [3.63, 3.8) is 0 Å². The maximum atomic E-state index is 10.7. The molecule has 5 fully saturated rings. The second-order valence-electron chi connectivity index (χ2n) is 8.10. The van der Waals surface area contributed by atoms with Gasteiger partial charge in [0.05, 0.1) is 0 Å². The molecule has 0 saturated carbocycles. The van der Waals surface area contributed by atoms with Crippen LogP contribution in [-0.2, 0) is 29.4 Å². The SMILES string of the molecule is CO[Si]1(O)O[Si]23O[Si]4(O2)O[Si](OC)(O[Si](C)(C)C)[C@H](C)[C@@H]4[C@@H]3[C@@H]1C. The fourth-order valence-corrected chi connectivity index (χ4v) is 32.5. The Bertz CT molecular complexity index is 567.